The van der Waals surface area contributed by atoms with Crippen LogP contribution in [0.1, 0.15) is 46.0 Å². The molecule has 0 saturated carbocycles. The van der Waals surface area contributed by atoms with Crippen LogP contribution in [0, 0.1) is 5.92 Å². The van der Waals surface area contributed by atoms with E-state index >= 15 is 0 Å². The maximum absolute atomic E-state index is 12.3. The van der Waals surface area contributed by atoms with Gasteiger partial charge in [-0.15, -0.1) is 0 Å². The van der Waals surface area contributed by atoms with Crippen LogP contribution in [0.2, 0.25) is 0 Å². The van der Waals surface area contributed by atoms with Gasteiger partial charge in [0.25, 0.3) is 0 Å². The number of hydrogen-bond acceptors (Lipinski definition) is 2. The van der Waals surface area contributed by atoms with Gasteiger partial charge in [0.1, 0.15) is 0 Å². The summed E-state index contributed by atoms with van der Waals surface area (Å²) in [6.45, 7) is 4.86. The van der Waals surface area contributed by atoms with Crippen LogP contribution in [0.3, 0.4) is 0 Å². The van der Waals surface area contributed by atoms with E-state index in [4.69, 9.17) is 0 Å². The highest BCUT2D eigenvalue weighted by atomic mass is 79.9. The van der Waals surface area contributed by atoms with Gasteiger partial charge < -0.3 is 0 Å². The third-order valence-corrected chi connectivity index (χ3v) is 5.73. The molecule has 102 valence electrons. The van der Waals surface area contributed by atoms with Crippen molar-refractivity contribution in [2.45, 2.75) is 52.0 Å². The summed E-state index contributed by atoms with van der Waals surface area (Å²) in [4.78, 5) is 0. The third kappa shape index (κ3) is 4.87. The zero-order valence-electron chi connectivity index (χ0n) is 10.9. The second-order valence-corrected chi connectivity index (χ2v) is 8.07. The molecule has 0 aromatic carbocycles. The minimum Gasteiger partial charge on any atom is -0.212 e. The van der Waals surface area contributed by atoms with Gasteiger partial charge in [0.05, 0.1) is 5.75 Å². The Kier molecular flexibility index (Phi) is 6.45. The summed E-state index contributed by atoms with van der Waals surface area (Å²) in [6.07, 6.45) is 4.89. The maximum Gasteiger partial charge on any atom is 0.214 e. The zero-order chi connectivity index (χ0) is 12.9. The zero-order valence-corrected chi connectivity index (χ0v) is 13.3. The molecule has 0 radical (unpaired) electrons. The molecule has 1 saturated heterocycles. The highest BCUT2D eigenvalue weighted by Gasteiger charge is 2.31. The van der Waals surface area contributed by atoms with Crippen LogP contribution in [0.5, 0.6) is 0 Å². The molecule has 0 bridgehead atoms. The quantitative estimate of drug-likeness (QED) is 0.704. The van der Waals surface area contributed by atoms with Gasteiger partial charge in [-0.2, -0.15) is 4.31 Å². The average Bonchev–Trinajstić information content (AvgIpc) is 2.28. The Hall–Kier alpha value is 0.390. The molecular weight excluding hydrogens is 302 g/mol. The van der Waals surface area contributed by atoms with Gasteiger partial charge in [0.15, 0.2) is 0 Å². The van der Waals surface area contributed by atoms with Crippen LogP contribution in [-0.4, -0.2) is 36.4 Å². The molecule has 1 fully saturated rings. The van der Waals surface area contributed by atoms with E-state index in [0.717, 1.165) is 44.0 Å². The number of nitrogens with zero attached hydrogens (tertiary/aromatic N) is 1. The highest BCUT2D eigenvalue weighted by Crippen LogP contribution is 2.24. The molecule has 1 aliphatic rings. The second-order valence-electron chi connectivity index (χ2n) is 5.24. The molecule has 1 atom stereocenters. The normalized spacial score (nSPS) is 23.2. The van der Waals surface area contributed by atoms with Crippen molar-refractivity contribution in [2.75, 3.05) is 17.6 Å². The number of sulfonamides is 1. The average molecular weight is 326 g/mol. The van der Waals surface area contributed by atoms with E-state index < -0.39 is 10.0 Å². The number of hydrogen-bond donors (Lipinski definition) is 0. The predicted octanol–water partition coefficient (Wildman–Crippen LogP) is 3.00. The molecule has 0 aliphatic carbocycles. The third-order valence-electron chi connectivity index (χ3n) is 3.33. The fourth-order valence-electron chi connectivity index (χ4n) is 2.26. The predicted molar refractivity (Wildman–Crippen MR) is 76.0 cm³/mol. The van der Waals surface area contributed by atoms with Crippen molar-refractivity contribution < 1.29 is 8.42 Å². The van der Waals surface area contributed by atoms with Crippen molar-refractivity contribution in [3.63, 3.8) is 0 Å². The SMILES string of the molecule is CC(C)CCS(=O)(=O)N1CCCCC1CCBr. The fraction of sp³-hybridized carbons (Fsp3) is 1.00. The summed E-state index contributed by atoms with van der Waals surface area (Å²) in [5.74, 6) is 0.757. The van der Waals surface area contributed by atoms with Crippen molar-refractivity contribution in [2.24, 2.45) is 5.92 Å². The number of halogens is 1. The lowest BCUT2D eigenvalue weighted by Crippen LogP contribution is -2.45. The first-order chi connectivity index (χ1) is 7.97. The topological polar surface area (TPSA) is 37.4 Å². The van der Waals surface area contributed by atoms with Crippen molar-refractivity contribution in [1.29, 1.82) is 0 Å². The standard InChI is InChI=1S/C12H24BrNO2S/c1-11(2)7-10-17(15,16)14-9-4-3-5-12(14)6-8-13/h11-12H,3-10H2,1-2H3. The molecule has 5 heteroatoms. The molecule has 3 nitrogen and oxygen atoms in total. The van der Waals surface area contributed by atoms with Gasteiger partial charge in [0.2, 0.25) is 10.0 Å². The molecule has 1 aliphatic heterocycles. The largest absolute Gasteiger partial charge is 0.214 e. The Morgan fingerprint density at radius 2 is 2.06 bits per heavy atom. The van der Waals surface area contributed by atoms with E-state index in [0.29, 0.717) is 11.7 Å². The lowest BCUT2D eigenvalue weighted by Gasteiger charge is -2.34. The molecule has 1 unspecified atom stereocenters. The van der Waals surface area contributed by atoms with Crippen LogP contribution in [0.4, 0.5) is 0 Å². The summed E-state index contributed by atoms with van der Waals surface area (Å²) in [6, 6.07) is 0.222. The Balaban J connectivity index is 2.65. The molecule has 0 N–H and O–H groups in total. The van der Waals surface area contributed by atoms with E-state index in [-0.39, 0.29) is 6.04 Å². The molecule has 0 aromatic heterocycles. The molecule has 1 rings (SSSR count). The van der Waals surface area contributed by atoms with Crippen LogP contribution in [0.15, 0.2) is 0 Å². The molecular formula is C12H24BrNO2S. The summed E-state index contributed by atoms with van der Waals surface area (Å²) in [5.41, 5.74) is 0. The monoisotopic (exact) mass is 325 g/mol. The lowest BCUT2D eigenvalue weighted by atomic mass is 10.0. The molecule has 1 heterocycles. The number of piperidine rings is 1. The van der Waals surface area contributed by atoms with Crippen LogP contribution in [0.25, 0.3) is 0 Å². The molecule has 0 aromatic rings. The van der Waals surface area contributed by atoms with Crippen molar-refractivity contribution in [3.8, 4) is 0 Å². The Morgan fingerprint density at radius 1 is 1.35 bits per heavy atom. The first kappa shape index (κ1) is 15.4. The first-order valence-electron chi connectivity index (χ1n) is 6.53. The lowest BCUT2D eigenvalue weighted by molar-refractivity contribution is 0.247. The molecule has 0 spiro atoms. The summed E-state index contributed by atoms with van der Waals surface area (Å²) < 4.78 is 26.3. The second kappa shape index (κ2) is 7.10. The van der Waals surface area contributed by atoms with E-state index in [1.807, 2.05) is 0 Å². The minimum atomic E-state index is -3.04. The van der Waals surface area contributed by atoms with Crippen LogP contribution in [-0.2, 0) is 10.0 Å². The van der Waals surface area contributed by atoms with E-state index in [1.54, 1.807) is 4.31 Å². The van der Waals surface area contributed by atoms with Gasteiger partial charge in [-0.05, 0) is 31.6 Å². The molecule has 0 amide bonds. The van der Waals surface area contributed by atoms with Crippen molar-refractivity contribution in [1.82, 2.24) is 4.31 Å². The van der Waals surface area contributed by atoms with E-state index in [1.165, 1.54) is 0 Å². The smallest absolute Gasteiger partial charge is 0.212 e. The highest BCUT2D eigenvalue weighted by molar-refractivity contribution is 9.09. The maximum atomic E-state index is 12.3. The molecule has 17 heavy (non-hydrogen) atoms. The van der Waals surface area contributed by atoms with Gasteiger partial charge in [0, 0.05) is 17.9 Å². The summed E-state index contributed by atoms with van der Waals surface area (Å²) >= 11 is 3.42. The number of rotatable bonds is 6. The van der Waals surface area contributed by atoms with Crippen LogP contribution < -0.4 is 0 Å². The van der Waals surface area contributed by atoms with Crippen molar-refractivity contribution >= 4 is 26.0 Å². The fourth-order valence-corrected chi connectivity index (χ4v) is 4.86. The minimum absolute atomic E-state index is 0.222. The summed E-state index contributed by atoms with van der Waals surface area (Å²) in [7, 11) is -3.04. The van der Waals surface area contributed by atoms with E-state index in [9.17, 15) is 8.42 Å². The van der Waals surface area contributed by atoms with Gasteiger partial charge >= 0.3 is 0 Å². The first-order valence-corrected chi connectivity index (χ1v) is 9.26. The van der Waals surface area contributed by atoms with Gasteiger partial charge in [-0.3, -0.25) is 0 Å². The van der Waals surface area contributed by atoms with Crippen molar-refractivity contribution in [3.05, 3.63) is 0 Å². The summed E-state index contributed by atoms with van der Waals surface area (Å²) in [5, 5.41) is 0.883. The Labute approximate surface area is 114 Å². The van der Waals surface area contributed by atoms with Gasteiger partial charge in [-0.1, -0.05) is 36.2 Å². The Morgan fingerprint density at radius 3 is 2.65 bits per heavy atom. The number of alkyl halides is 1. The van der Waals surface area contributed by atoms with E-state index in [2.05, 4.69) is 29.8 Å². The Bertz CT molecular complexity index is 314. The van der Waals surface area contributed by atoms with Crippen LogP contribution >= 0.6 is 15.9 Å². The van der Waals surface area contributed by atoms with Gasteiger partial charge in [-0.25, -0.2) is 8.42 Å².